The molecule has 0 radical (unpaired) electrons. The van der Waals surface area contributed by atoms with Gasteiger partial charge in [-0.3, -0.25) is 9.59 Å². The number of carbonyl (C=O) groups excluding carboxylic acids is 1. The number of aromatic nitrogens is 1. The average Bonchev–Trinajstić information content (AvgIpc) is 2.54. The van der Waals surface area contributed by atoms with Crippen molar-refractivity contribution in [3.63, 3.8) is 0 Å². The molecule has 3 rings (SSSR count). The van der Waals surface area contributed by atoms with E-state index in [1.54, 1.807) is 24.3 Å². The van der Waals surface area contributed by atoms with E-state index in [0.29, 0.717) is 10.8 Å². The third-order valence-electron chi connectivity index (χ3n) is 3.45. The van der Waals surface area contributed by atoms with Gasteiger partial charge in [-0.05, 0) is 35.7 Å². The van der Waals surface area contributed by atoms with Crippen LogP contribution in [0.25, 0.3) is 10.8 Å². The summed E-state index contributed by atoms with van der Waals surface area (Å²) >= 11 is 0. The summed E-state index contributed by atoms with van der Waals surface area (Å²) in [7, 11) is 0. The van der Waals surface area contributed by atoms with Gasteiger partial charge in [0.1, 0.15) is 5.69 Å². The van der Waals surface area contributed by atoms with Gasteiger partial charge >= 0.3 is 6.18 Å². The number of aromatic amines is 1. The van der Waals surface area contributed by atoms with Crippen LogP contribution in [-0.2, 0) is 6.18 Å². The number of rotatable bonds is 2. The molecule has 0 fully saturated rings. The molecule has 0 bridgehead atoms. The van der Waals surface area contributed by atoms with Crippen LogP contribution in [0.3, 0.4) is 0 Å². The molecule has 0 aliphatic rings. The van der Waals surface area contributed by atoms with E-state index < -0.39 is 23.2 Å². The second kappa shape index (κ2) is 5.84. The van der Waals surface area contributed by atoms with E-state index in [0.717, 1.165) is 12.1 Å². The Morgan fingerprint density at radius 1 is 1.00 bits per heavy atom. The van der Waals surface area contributed by atoms with Crippen LogP contribution in [0.2, 0.25) is 0 Å². The smallest absolute Gasteiger partial charge is 0.321 e. The molecule has 0 spiro atoms. The Labute approximate surface area is 133 Å². The number of halogens is 3. The Kier molecular flexibility index (Phi) is 3.84. The molecule has 0 unspecified atom stereocenters. The molecule has 1 amide bonds. The Hall–Kier alpha value is -3.09. The summed E-state index contributed by atoms with van der Waals surface area (Å²) in [5.74, 6) is -0.697. The van der Waals surface area contributed by atoms with E-state index in [9.17, 15) is 22.8 Å². The van der Waals surface area contributed by atoms with E-state index >= 15 is 0 Å². The second-order valence-corrected chi connectivity index (χ2v) is 5.13. The standard InChI is InChI=1S/C17H11F3N2O2/c18-17(19,20)11-5-3-6-12(9-11)21-16(24)14-8-10-4-1-2-7-13(10)15(23)22-14/h1-9H,(H,21,24)(H,22,23). The fourth-order valence-corrected chi connectivity index (χ4v) is 2.30. The van der Waals surface area contributed by atoms with Gasteiger partial charge in [-0.25, -0.2) is 0 Å². The highest BCUT2D eigenvalue weighted by Crippen LogP contribution is 2.30. The van der Waals surface area contributed by atoms with Gasteiger partial charge in [0.2, 0.25) is 0 Å². The molecular weight excluding hydrogens is 321 g/mol. The van der Waals surface area contributed by atoms with E-state index in [2.05, 4.69) is 10.3 Å². The molecule has 0 saturated heterocycles. The van der Waals surface area contributed by atoms with Crippen molar-refractivity contribution in [2.45, 2.75) is 6.18 Å². The van der Waals surface area contributed by atoms with Crippen LogP contribution in [0.5, 0.6) is 0 Å². The lowest BCUT2D eigenvalue weighted by Gasteiger charge is -2.10. The zero-order valence-corrected chi connectivity index (χ0v) is 12.1. The van der Waals surface area contributed by atoms with Crippen molar-refractivity contribution in [3.8, 4) is 0 Å². The number of benzene rings is 2. The summed E-state index contributed by atoms with van der Waals surface area (Å²) in [5, 5.41) is 3.34. The highest BCUT2D eigenvalue weighted by atomic mass is 19.4. The number of anilines is 1. The molecule has 122 valence electrons. The summed E-state index contributed by atoms with van der Waals surface area (Å²) in [5.41, 5.74) is -1.35. The molecule has 2 aromatic carbocycles. The van der Waals surface area contributed by atoms with Gasteiger partial charge in [0, 0.05) is 11.1 Å². The molecule has 3 aromatic rings. The molecule has 1 aromatic heterocycles. The average molecular weight is 332 g/mol. The van der Waals surface area contributed by atoms with Gasteiger partial charge in [-0.1, -0.05) is 24.3 Å². The van der Waals surface area contributed by atoms with Gasteiger partial charge in [0.15, 0.2) is 0 Å². The Balaban J connectivity index is 1.92. The Bertz CT molecular complexity index is 977. The quantitative estimate of drug-likeness (QED) is 0.750. The van der Waals surface area contributed by atoms with Crippen molar-refractivity contribution in [2.24, 2.45) is 0 Å². The van der Waals surface area contributed by atoms with Crippen molar-refractivity contribution >= 4 is 22.4 Å². The molecule has 1 heterocycles. The Morgan fingerprint density at radius 3 is 2.50 bits per heavy atom. The summed E-state index contributed by atoms with van der Waals surface area (Å²) in [6.07, 6.45) is -4.50. The number of hydrogen-bond donors (Lipinski definition) is 2. The normalized spacial score (nSPS) is 11.5. The first-order valence-electron chi connectivity index (χ1n) is 6.95. The van der Waals surface area contributed by atoms with Crippen molar-refractivity contribution in [3.05, 3.63) is 76.2 Å². The number of pyridine rings is 1. The molecule has 0 aliphatic heterocycles. The molecule has 7 heteroatoms. The monoisotopic (exact) mass is 332 g/mol. The van der Waals surface area contributed by atoms with E-state index in [1.165, 1.54) is 18.2 Å². The number of hydrogen-bond acceptors (Lipinski definition) is 2. The van der Waals surface area contributed by atoms with Crippen LogP contribution in [0.1, 0.15) is 16.1 Å². The summed E-state index contributed by atoms with van der Waals surface area (Å²) < 4.78 is 38.1. The van der Waals surface area contributed by atoms with Crippen LogP contribution in [0.4, 0.5) is 18.9 Å². The van der Waals surface area contributed by atoms with Crippen molar-refractivity contribution < 1.29 is 18.0 Å². The second-order valence-electron chi connectivity index (χ2n) is 5.13. The van der Waals surface area contributed by atoms with Crippen molar-refractivity contribution in [1.29, 1.82) is 0 Å². The fraction of sp³-hybridized carbons (Fsp3) is 0.0588. The minimum absolute atomic E-state index is 0.0103. The maximum absolute atomic E-state index is 12.7. The lowest BCUT2D eigenvalue weighted by molar-refractivity contribution is -0.137. The summed E-state index contributed by atoms with van der Waals surface area (Å²) in [6, 6.07) is 12.4. The molecular formula is C17H11F3N2O2. The lowest BCUT2D eigenvalue weighted by Crippen LogP contribution is -2.19. The first-order chi connectivity index (χ1) is 11.3. The Morgan fingerprint density at radius 2 is 1.75 bits per heavy atom. The van der Waals surface area contributed by atoms with Gasteiger partial charge in [-0.15, -0.1) is 0 Å². The highest BCUT2D eigenvalue weighted by Gasteiger charge is 2.30. The molecule has 0 aliphatic carbocycles. The molecule has 0 atom stereocenters. The van der Waals surface area contributed by atoms with Crippen molar-refractivity contribution in [1.82, 2.24) is 4.98 Å². The summed E-state index contributed by atoms with van der Waals surface area (Å²) in [6.45, 7) is 0. The zero-order chi connectivity index (χ0) is 17.3. The maximum Gasteiger partial charge on any atom is 0.416 e. The third-order valence-corrected chi connectivity index (χ3v) is 3.45. The first-order valence-corrected chi connectivity index (χ1v) is 6.95. The van der Waals surface area contributed by atoms with Crippen molar-refractivity contribution in [2.75, 3.05) is 5.32 Å². The van der Waals surface area contributed by atoms with Gasteiger partial charge in [-0.2, -0.15) is 13.2 Å². The summed E-state index contributed by atoms with van der Waals surface area (Å²) in [4.78, 5) is 26.6. The van der Waals surface area contributed by atoms with Gasteiger partial charge in [0.25, 0.3) is 11.5 Å². The number of carbonyl (C=O) groups is 1. The minimum Gasteiger partial charge on any atom is -0.321 e. The third kappa shape index (κ3) is 3.15. The lowest BCUT2D eigenvalue weighted by atomic mass is 10.1. The SMILES string of the molecule is O=C(Nc1cccc(C(F)(F)F)c1)c1cc2ccccc2c(=O)[nH]1. The molecule has 24 heavy (non-hydrogen) atoms. The van der Waals surface area contributed by atoms with E-state index in [1.807, 2.05) is 0 Å². The van der Waals surface area contributed by atoms with Crippen LogP contribution < -0.4 is 10.9 Å². The van der Waals surface area contributed by atoms with Crippen LogP contribution in [-0.4, -0.2) is 10.9 Å². The van der Waals surface area contributed by atoms with Gasteiger partial charge < -0.3 is 10.3 Å². The van der Waals surface area contributed by atoms with E-state index in [4.69, 9.17) is 0 Å². The number of alkyl halides is 3. The highest BCUT2D eigenvalue weighted by molar-refractivity contribution is 6.04. The number of fused-ring (bicyclic) bond motifs is 1. The fourth-order valence-electron chi connectivity index (χ4n) is 2.30. The van der Waals surface area contributed by atoms with Crippen LogP contribution in [0, 0.1) is 0 Å². The predicted molar refractivity (Wildman–Crippen MR) is 84.0 cm³/mol. The topological polar surface area (TPSA) is 62.0 Å². The number of amides is 1. The van der Waals surface area contributed by atoms with Crippen LogP contribution in [0.15, 0.2) is 59.4 Å². The maximum atomic E-state index is 12.7. The zero-order valence-electron chi connectivity index (χ0n) is 12.1. The molecule has 4 nitrogen and oxygen atoms in total. The number of nitrogens with one attached hydrogen (secondary N) is 2. The predicted octanol–water partition coefficient (Wildman–Crippen LogP) is 3.80. The minimum atomic E-state index is -4.50. The first kappa shape index (κ1) is 15.8. The van der Waals surface area contributed by atoms with Gasteiger partial charge in [0.05, 0.1) is 5.56 Å². The molecule has 0 saturated carbocycles. The largest absolute Gasteiger partial charge is 0.416 e. The number of H-pyrrole nitrogens is 1. The van der Waals surface area contributed by atoms with Crippen LogP contribution >= 0.6 is 0 Å². The van der Waals surface area contributed by atoms with E-state index in [-0.39, 0.29) is 11.4 Å². The molecule has 2 N–H and O–H groups in total.